The van der Waals surface area contributed by atoms with E-state index in [0.29, 0.717) is 17.7 Å². The summed E-state index contributed by atoms with van der Waals surface area (Å²) in [6, 6.07) is 1.85. The van der Waals surface area contributed by atoms with E-state index < -0.39 is 11.6 Å². The van der Waals surface area contributed by atoms with Crippen molar-refractivity contribution < 1.29 is 19.1 Å². The van der Waals surface area contributed by atoms with E-state index in [9.17, 15) is 9.59 Å². The summed E-state index contributed by atoms with van der Waals surface area (Å²) in [6.07, 6.45) is 5.53. The number of benzene rings is 1. The van der Waals surface area contributed by atoms with Gasteiger partial charge in [-0.15, -0.1) is 6.42 Å². The molecule has 0 aliphatic heterocycles. The Balaban J connectivity index is 2.95. The fraction of sp³-hybridized carbons (Fsp3) is 0.474. The molecule has 0 saturated carbocycles. The molecule has 1 N–H and O–H groups in total. The zero-order valence-corrected chi connectivity index (χ0v) is 15.2. The quantitative estimate of drug-likeness (QED) is 0.663. The fourth-order valence-electron chi connectivity index (χ4n) is 2.39. The molecule has 0 aromatic heterocycles. The number of hydrogen-bond acceptors (Lipinski definition) is 5. The second kappa shape index (κ2) is 7.98. The molecular formula is C19H25NO4. The van der Waals surface area contributed by atoms with Crippen LogP contribution in [0.25, 0.3) is 0 Å². The van der Waals surface area contributed by atoms with Crippen LogP contribution in [0.3, 0.4) is 0 Å². The van der Waals surface area contributed by atoms with E-state index in [1.165, 1.54) is 7.11 Å². The lowest BCUT2D eigenvalue weighted by molar-refractivity contribution is -0.153. The van der Waals surface area contributed by atoms with E-state index in [-0.39, 0.29) is 12.5 Å². The summed E-state index contributed by atoms with van der Waals surface area (Å²) >= 11 is 0. The second-order valence-corrected chi connectivity index (χ2v) is 6.53. The topological polar surface area (TPSA) is 64.6 Å². The third-order valence-corrected chi connectivity index (χ3v) is 3.50. The number of methoxy groups -OCH3 is 1. The van der Waals surface area contributed by atoms with Crippen LogP contribution in [0, 0.1) is 26.2 Å². The van der Waals surface area contributed by atoms with Crippen LogP contribution in [0.5, 0.6) is 0 Å². The van der Waals surface area contributed by atoms with Gasteiger partial charge in [0.1, 0.15) is 5.60 Å². The van der Waals surface area contributed by atoms with Crippen molar-refractivity contribution in [1.82, 2.24) is 5.32 Å². The van der Waals surface area contributed by atoms with Crippen LogP contribution in [-0.2, 0) is 20.8 Å². The van der Waals surface area contributed by atoms with Crippen molar-refractivity contribution in [2.75, 3.05) is 13.7 Å². The molecule has 0 radical (unpaired) electrons. The van der Waals surface area contributed by atoms with Crippen molar-refractivity contribution in [2.24, 2.45) is 0 Å². The zero-order chi connectivity index (χ0) is 18.5. The minimum atomic E-state index is -0.521. The average Bonchev–Trinajstić information content (AvgIpc) is 2.47. The third kappa shape index (κ3) is 5.10. The van der Waals surface area contributed by atoms with Crippen LogP contribution >= 0.6 is 0 Å². The first-order chi connectivity index (χ1) is 11.1. The molecule has 24 heavy (non-hydrogen) atoms. The maximum Gasteiger partial charge on any atom is 0.338 e. The molecule has 0 spiro atoms. The number of terminal acetylenes is 1. The van der Waals surface area contributed by atoms with Crippen molar-refractivity contribution in [3.8, 4) is 12.3 Å². The molecule has 1 rings (SSSR count). The monoisotopic (exact) mass is 331 g/mol. The molecule has 130 valence electrons. The van der Waals surface area contributed by atoms with Gasteiger partial charge in [0.2, 0.25) is 0 Å². The van der Waals surface area contributed by atoms with E-state index in [1.807, 2.05) is 33.8 Å². The predicted molar refractivity (Wildman–Crippen MR) is 92.7 cm³/mol. The van der Waals surface area contributed by atoms with E-state index in [4.69, 9.17) is 15.9 Å². The molecule has 0 saturated heterocycles. The molecule has 0 atom stereocenters. The van der Waals surface area contributed by atoms with Gasteiger partial charge in [0, 0.05) is 12.1 Å². The third-order valence-electron chi connectivity index (χ3n) is 3.50. The van der Waals surface area contributed by atoms with Gasteiger partial charge in [-0.05, 0) is 57.4 Å². The first kappa shape index (κ1) is 19.7. The molecule has 1 aromatic rings. The van der Waals surface area contributed by atoms with Gasteiger partial charge in [-0.3, -0.25) is 4.79 Å². The number of ether oxygens (including phenoxy) is 2. The van der Waals surface area contributed by atoms with Gasteiger partial charge in [-0.25, -0.2) is 4.79 Å². The lowest BCUT2D eigenvalue weighted by Gasteiger charge is -2.20. The summed E-state index contributed by atoms with van der Waals surface area (Å²) in [7, 11) is 1.34. The minimum Gasteiger partial charge on any atom is -0.465 e. The lowest BCUT2D eigenvalue weighted by Crippen LogP contribution is -2.31. The van der Waals surface area contributed by atoms with Gasteiger partial charge < -0.3 is 14.8 Å². The van der Waals surface area contributed by atoms with E-state index in [0.717, 1.165) is 16.7 Å². The Morgan fingerprint density at radius 1 is 1.25 bits per heavy atom. The molecule has 0 aliphatic rings. The van der Waals surface area contributed by atoms with Crippen molar-refractivity contribution in [3.05, 3.63) is 33.9 Å². The number of carbonyl (C=O) groups is 2. The van der Waals surface area contributed by atoms with Crippen LogP contribution in [-0.4, -0.2) is 31.2 Å². The minimum absolute atomic E-state index is 0.0729. The van der Waals surface area contributed by atoms with Crippen molar-refractivity contribution >= 4 is 11.9 Å². The molecule has 0 fully saturated rings. The summed E-state index contributed by atoms with van der Waals surface area (Å²) in [5, 5.41) is 3.02. The summed E-state index contributed by atoms with van der Waals surface area (Å²) in [5.41, 5.74) is 2.94. The van der Waals surface area contributed by atoms with Gasteiger partial charge in [-0.1, -0.05) is 5.92 Å². The second-order valence-electron chi connectivity index (χ2n) is 6.53. The highest BCUT2D eigenvalue weighted by Crippen LogP contribution is 2.23. The average molecular weight is 331 g/mol. The lowest BCUT2D eigenvalue weighted by atomic mass is 9.93. The van der Waals surface area contributed by atoms with E-state index in [2.05, 4.69) is 11.2 Å². The Morgan fingerprint density at radius 3 is 2.38 bits per heavy atom. The number of carbonyl (C=O) groups excluding carboxylic acids is 2. The van der Waals surface area contributed by atoms with Gasteiger partial charge in [0.05, 0.1) is 19.2 Å². The molecule has 1 aromatic carbocycles. The Labute approximate surface area is 143 Å². The normalized spacial score (nSPS) is 10.9. The van der Waals surface area contributed by atoms with Gasteiger partial charge in [-0.2, -0.15) is 0 Å². The first-order valence-electron chi connectivity index (χ1n) is 7.71. The molecule has 0 amide bonds. The molecule has 0 aliphatic carbocycles. The summed E-state index contributed by atoms with van der Waals surface area (Å²) < 4.78 is 10.1. The maximum absolute atomic E-state index is 12.0. The number of hydrogen-bond donors (Lipinski definition) is 1. The zero-order valence-electron chi connectivity index (χ0n) is 15.2. The summed E-state index contributed by atoms with van der Waals surface area (Å²) in [6.45, 7) is 9.55. The Kier molecular flexibility index (Phi) is 6.56. The maximum atomic E-state index is 12.0. The number of nitrogens with one attached hydrogen (secondary N) is 1. The summed E-state index contributed by atoms with van der Waals surface area (Å²) in [5.74, 6) is 1.83. The molecule has 5 heteroatoms. The summed E-state index contributed by atoms with van der Waals surface area (Å²) in [4.78, 5) is 23.8. The predicted octanol–water partition coefficient (Wildman–Crippen LogP) is 2.50. The van der Waals surface area contributed by atoms with Crippen LogP contribution in [0.1, 0.15) is 53.4 Å². The molecule has 0 bridgehead atoms. The Morgan fingerprint density at radius 2 is 1.88 bits per heavy atom. The van der Waals surface area contributed by atoms with E-state index >= 15 is 0 Å². The van der Waals surface area contributed by atoms with Crippen LogP contribution < -0.4 is 5.32 Å². The van der Waals surface area contributed by atoms with Crippen molar-refractivity contribution in [1.29, 1.82) is 0 Å². The first-order valence-corrected chi connectivity index (χ1v) is 7.71. The van der Waals surface area contributed by atoms with Gasteiger partial charge in [0.25, 0.3) is 0 Å². The highest BCUT2D eigenvalue weighted by molar-refractivity contribution is 5.93. The SMILES string of the molecule is C#Cc1cc(CNCC(=O)OC(C)(C)C)c(C)c(C(=O)OC)c1C. The van der Waals surface area contributed by atoms with Crippen molar-refractivity contribution in [3.63, 3.8) is 0 Å². The standard InChI is InChI=1S/C19H25NO4/c1-8-14-9-15(10-20-11-16(21)24-19(4,5)6)13(3)17(12(14)2)18(22)23-7/h1,9,20H,10-11H2,2-7H3. The number of rotatable bonds is 5. The Bertz CT molecular complexity index is 678. The Hall–Kier alpha value is -2.32. The molecule has 5 nitrogen and oxygen atoms in total. The van der Waals surface area contributed by atoms with E-state index in [1.54, 1.807) is 6.92 Å². The molecular weight excluding hydrogens is 306 g/mol. The van der Waals surface area contributed by atoms with Gasteiger partial charge >= 0.3 is 11.9 Å². The van der Waals surface area contributed by atoms with Crippen LogP contribution in [0.2, 0.25) is 0 Å². The van der Waals surface area contributed by atoms with Gasteiger partial charge in [0.15, 0.2) is 0 Å². The van der Waals surface area contributed by atoms with Crippen LogP contribution in [0.4, 0.5) is 0 Å². The smallest absolute Gasteiger partial charge is 0.338 e. The highest BCUT2D eigenvalue weighted by atomic mass is 16.6. The highest BCUT2D eigenvalue weighted by Gasteiger charge is 2.19. The number of esters is 2. The van der Waals surface area contributed by atoms with Crippen LogP contribution in [0.15, 0.2) is 6.07 Å². The fourth-order valence-corrected chi connectivity index (χ4v) is 2.39. The van der Waals surface area contributed by atoms with Crippen molar-refractivity contribution in [2.45, 2.75) is 46.8 Å². The molecule has 0 unspecified atom stereocenters. The molecule has 0 heterocycles. The largest absolute Gasteiger partial charge is 0.465 e.